The van der Waals surface area contributed by atoms with Crippen LogP contribution in [0, 0.1) is 23.7 Å². The zero-order valence-electron chi connectivity index (χ0n) is 21.3. The number of pyridine rings is 1. The molecule has 0 amide bonds. The summed E-state index contributed by atoms with van der Waals surface area (Å²) in [6, 6.07) is 4.29. The lowest BCUT2D eigenvalue weighted by Gasteiger charge is -2.32. The first-order chi connectivity index (χ1) is 15.8. The molecule has 2 aliphatic rings. The Balaban J connectivity index is 1.24. The highest BCUT2D eigenvalue weighted by Gasteiger charge is 2.24. The third-order valence-electron chi connectivity index (χ3n) is 8.50. The lowest BCUT2D eigenvalue weighted by molar-refractivity contribution is 0.208. The van der Waals surface area contributed by atoms with Crippen molar-refractivity contribution in [2.45, 2.75) is 129 Å². The van der Waals surface area contributed by atoms with Gasteiger partial charge in [-0.15, -0.1) is 0 Å². The lowest BCUT2D eigenvalue weighted by Crippen LogP contribution is -2.18. The maximum Gasteiger partial charge on any atom is 0.137 e. The first-order valence-corrected chi connectivity index (χ1v) is 14.3. The average Bonchev–Trinajstić information content (AvgIpc) is 2.85. The second kappa shape index (κ2) is 15.0. The van der Waals surface area contributed by atoms with Crippen LogP contribution in [0.2, 0.25) is 0 Å². The van der Waals surface area contributed by atoms with Crippen LogP contribution in [0.25, 0.3) is 0 Å². The van der Waals surface area contributed by atoms with Crippen molar-refractivity contribution >= 4 is 0 Å². The van der Waals surface area contributed by atoms with Gasteiger partial charge in [-0.1, -0.05) is 110 Å². The number of aromatic nitrogens is 1. The SMILES string of the molecule is CCCCCOc1ccc(CCC2CCC(CC[C@H]3CC[C@H](CCCC)CC3)CC2)nc1. The van der Waals surface area contributed by atoms with Crippen LogP contribution in [0.5, 0.6) is 5.75 Å². The monoisotopic (exact) mass is 441 g/mol. The number of nitrogens with zero attached hydrogens (tertiary/aromatic N) is 1. The predicted octanol–water partition coefficient (Wildman–Crippen LogP) is 9.17. The van der Waals surface area contributed by atoms with Crippen LogP contribution in [-0.4, -0.2) is 11.6 Å². The van der Waals surface area contributed by atoms with Gasteiger partial charge in [-0.25, -0.2) is 0 Å². The quantitative estimate of drug-likeness (QED) is 0.268. The molecule has 3 rings (SSSR count). The summed E-state index contributed by atoms with van der Waals surface area (Å²) in [6.07, 6.45) is 27.3. The molecule has 1 heterocycles. The van der Waals surface area contributed by atoms with Gasteiger partial charge in [0.1, 0.15) is 5.75 Å². The first kappa shape index (κ1) is 25.6. The molecule has 2 aliphatic carbocycles. The predicted molar refractivity (Wildman–Crippen MR) is 137 cm³/mol. The van der Waals surface area contributed by atoms with E-state index in [9.17, 15) is 0 Å². The van der Waals surface area contributed by atoms with E-state index in [1.54, 1.807) is 0 Å². The van der Waals surface area contributed by atoms with E-state index in [1.807, 2.05) is 6.20 Å². The highest BCUT2D eigenvalue weighted by Crippen LogP contribution is 2.38. The molecule has 2 fully saturated rings. The molecule has 0 atom stereocenters. The minimum atomic E-state index is 0.818. The summed E-state index contributed by atoms with van der Waals surface area (Å²) in [5.41, 5.74) is 1.24. The summed E-state index contributed by atoms with van der Waals surface area (Å²) in [5.74, 6) is 4.99. The van der Waals surface area contributed by atoms with E-state index >= 15 is 0 Å². The summed E-state index contributed by atoms with van der Waals surface area (Å²) in [6.45, 7) is 5.38. The van der Waals surface area contributed by atoms with Gasteiger partial charge in [0.2, 0.25) is 0 Å². The Morgan fingerprint density at radius 2 is 1.25 bits per heavy atom. The molecule has 0 saturated heterocycles. The van der Waals surface area contributed by atoms with Gasteiger partial charge in [0, 0.05) is 5.69 Å². The fourth-order valence-electron chi connectivity index (χ4n) is 6.12. The topological polar surface area (TPSA) is 22.1 Å². The maximum absolute atomic E-state index is 5.79. The van der Waals surface area contributed by atoms with E-state index in [2.05, 4.69) is 31.0 Å². The van der Waals surface area contributed by atoms with Crippen molar-refractivity contribution in [3.05, 3.63) is 24.0 Å². The van der Waals surface area contributed by atoms with Gasteiger partial charge in [-0.3, -0.25) is 4.98 Å². The van der Waals surface area contributed by atoms with Gasteiger partial charge in [0.25, 0.3) is 0 Å². The highest BCUT2D eigenvalue weighted by molar-refractivity contribution is 5.19. The van der Waals surface area contributed by atoms with Gasteiger partial charge in [0.15, 0.2) is 0 Å². The van der Waals surface area contributed by atoms with E-state index in [0.717, 1.165) is 48.9 Å². The van der Waals surface area contributed by atoms with Crippen LogP contribution in [0.1, 0.15) is 129 Å². The Labute approximate surface area is 199 Å². The largest absolute Gasteiger partial charge is 0.492 e. The second-order valence-corrected chi connectivity index (χ2v) is 11.1. The molecule has 0 aromatic carbocycles. The molecule has 0 spiro atoms. The zero-order valence-corrected chi connectivity index (χ0v) is 21.3. The molecule has 2 saturated carbocycles. The fraction of sp³-hybridized carbons (Fsp3) is 0.833. The number of unbranched alkanes of at least 4 members (excludes halogenated alkanes) is 3. The number of ether oxygens (including phenoxy) is 1. The number of aryl methyl sites for hydroxylation is 1. The minimum Gasteiger partial charge on any atom is -0.492 e. The molecule has 2 nitrogen and oxygen atoms in total. The van der Waals surface area contributed by atoms with Crippen molar-refractivity contribution in [3.8, 4) is 5.75 Å². The summed E-state index contributed by atoms with van der Waals surface area (Å²) in [5, 5.41) is 0. The Morgan fingerprint density at radius 1 is 0.688 bits per heavy atom. The fourth-order valence-corrected chi connectivity index (χ4v) is 6.12. The summed E-state index contributed by atoms with van der Waals surface area (Å²) in [4.78, 5) is 4.65. The van der Waals surface area contributed by atoms with Crippen molar-refractivity contribution in [1.29, 1.82) is 0 Å². The Bertz CT molecular complexity index is 581. The van der Waals surface area contributed by atoms with Crippen molar-refractivity contribution in [1.82, 2.24) is 4.98 Å². The number of rotatable bonds is 14. The molecule has 0 unspecified atom stereocenters. The second-order valence-electron chi connectivity index (χ2n) is 11.1. The van der Waals surface area contributed by atoms with Crippen molar-refractivity contribution in [3.63, 3.8) is 0 Å². The molecule has 0 bridgehead atoms. The molecular weight excluding hydrogens is 390 g/mol. The Kier molecular flexibility index (Phi) is 12.0. The van der Waals surface area contributed by atoms with Crippen molar-refractivity contribution in [2.75, 3.05) is 6.61 Å². The highest BCUT2D eigenvalue weighted by atomic mass is 16.5. The van der Waals surface area contributed by atoms with Gasteiger partial charge in [-0.05, 0) is 55.1 Å². The first-order valence-electron chi connectivity index (χ1n) is 14.3. The van der Waals surface area contributed by atoms with Crippen LogP contribution in [0.15, 0.2) is 18.3 Å². The van der Waals surface area contributed by atoms with Crippen LogP contribution in [0.3, 0.4) is 0 Å². The molecule has 2 heteroatoms. The lowest BCUT2D eigenvalue weighted by atomic mass is 9.74. The maximum atomic E-state index is 5.79. The summed E-state index contributed by atoms with van der Waals surface area (Å²) >= 11 is 0. The number of hydrogen-bond acceptors (Lipinski definition) is 2. The number of hydrogen-bond donors (Lipinski definition) is 0. The van der Waals surface area contributed by atoms with E-state index in [1.165, 1.54) is 108 Å². The van der Waals surface area contributed by atoms with Crippen LogP contribution in [0.4, 0.5) is 0 Å². The van der Waals surface area contributed by atoms with E-state index in [-0.39, 0.29) is 0 Å². The van der Waals surface area contributed by atoms with Crippen LogP contribution in [-0.2, 0) is 6.42 Å². The minimum absolute atomic E-state index is 0.818. The van der Waals surface area contributed by atoms with Crippen LogP contribution >= 0.6 is 0 Å². The molecule has 0 N–H and O–H groups in total. The average molecular weight is 442 g/mol. The van der Waals surface area contributed by atoms with Gasteiger partial charge >= 0.3 is 0 Å². The standard InChI is InChI=1S/C30H51NO/c1-3-5-7-23-32-30-22-21-29(31-24-30)20-19-28-17-15-27(16-18-28)14-13-26-11-9-25(10-12-26)8-6-4-2/h21-22,24-28H,3-20,23H2,1-2H3/t25-,26-,27?,28?. The molecule has 182 valence electrons. The molecule has 0 aliphatic heterocycles. The summed E-state index contributed by atoms with van der Waals surface area (Å²) in [7, 11) is 0. The van der Waals surface area contributed by atoms with Crippen molar-refractivity contribution in [2.24, 2.45) is 23.7 Å². The van der Waals surface area contributed by atoms with Gasteiger partial charge < -0.3 is 4.74 Å². The molecule has 0 radical (unpaired) electrons. The van der Waals surface area contributed by atoms with E-state index in [4.69, 9.17) is 4.74 Å². The zero-order chi connectivity index (χ0) is 22.4. The van der Waals surface area contributed by atoms with Gasteiger partial charge in [-0.2, -0.15) is 0 Å². The third kappa shape index (κ3) is 9.44. The molecule has 1 aromatic heterocycles. The van der Waals surface area contributed by atoms with Crippen molar-refractivity contribution < 1.29 is 4.74 Å². The third-order valence-corrected chi connectivity index (χ3v) is 8.50. The van der Waals surface area contributed by atoms with E-state index < -0.39 is 0 Å². The van der Waals surface area contributed by atoms with E-state index in [0.29, 0.717) is 0 Å². The molecule has 32 heavy (non-hydrogen) atoms. The molecule has 1 aromatic rings. The Hall–Kier alpha value is -1.05. The Morgan fingerprint density at radius 3 is 1.78 bits per heavy atom. The summed E-state index contributed by atoms with van der Waals surface area (Å²) < 4.78 is 5.79. The molecular formula is C30H51NO. The van der Waals surface area contributed by atoms with Crippen LogP contribution < -0.4 is 4.74 Å². The van der Waals surface area contributed by atoms with Gasteiger partial charge in [0.05, 0.1) is 12.8 Å². The normalized spacial score (nSPS) is 26.2. The smallest absolute Gasteiger partial charge is 0.137 e.